The minimum absolute atomic E-state index is 0.0146. The highest BCUT2D eigenvalue weighted by Crippen LogP contribution is 2.43. The summed E-state index contributed by atoms with van der Waals surface area (Å²) in [7, 11) is 0. The summed E-state index contributed by atoms with van der Waals surface area (Å²) in [6, 6.07) is 44.0. The van der Waals surface area contributed by atoms with Crippen molar-refractivity contribution in [2.75, 3.05) is 31.2 Å². The van der Waals surface area contributed by atoms with Gasteiger partial charge in [-0.05, 0) is 77.1 Å². The molecule has 0 radical (unpaired) electrons. The number of hydrogen-bond acceptors (Lipinski definition) is 7. The van der Waals surface area contributed by atoms with E-state index in [1.807, 2.05) is 91.0 Å². The number of likely N-dealkylation sites (tertiary alicyclic amines) is 1. The Balaban J connectivity index is 1.00. The third-order valence-corrected chi connectivity index (χ3v) is 11.6. The Kier molecular flexibility index (Phi) is 10.8. The second-order valence-corrected chi connectivity index (χ2v) is 15.0. The van der Waals surface area contributed by atoms with Gasteiger partial charge >= 0.3 is 0 Å². The first-order valence-electron chi connectivity index (χ1n) is 19.3. The molecule has 9 heteroatoms. The molecule has 0 bridgehead atoms. The maximum absolute atomic E-state index is 13.3. The highest BCUT2D eigenvalue weighted by atomic mass is 16.7. The molecular formula is C46H48N4O5. The molecule has 0 aromatic heterocycles. The average molecular weight is 737 g/mol. The molecule has 55 heavy (non-hydrogen) atoms. The molecule has 5 aromatic rings. The summed E-state index contributed by atoms with van der Waals surface area (Å²) in [5, 5.41) is 15.9. The summed E-state index contributed by atoms with van der Waals surface area (Å²) in [6.07, 6.45) is 0.484. The molecule has 8 rings (SSSR count). The monoisotopic (exact) mass is 736 g/mol. The Morgan fingerprint density at radius 2 is 1.49 bits per heavy atom. The number of carbonyl (C=O) groups excluding carboxylic acids is 2. The van der Waals surface area contributed by atoms with Crippen LogP contribution in [0.5, 0.6) is 0 Å². The van der Waals surface area contributed by atoms with Crippen LogP contribution in [0.2, 0.25) is 0 Å². The van der Waals surface area contributed by atoms with Gasteiger partial charge in [0, 0.05) is 48.9 Å². The van der Waals surface area contributed by atoms with Gasteiger partial charge in [-0.15, -0.1) is 0 Å². The number of amides is 2. The van der Waals surface area contributed by atoms with Crippen molar-refractivity contribution in [2.24, 2.45) is 5.92 Å². The van der Waals surface area contributed by atoms with Crippen LogP contribution in [-0.4, -0.2) is 59.8 Å². The van der Waals surface area contributed by atoms with E-state index in [0.29, 0.717) is 25.3 Å². The first kappa shape index (κ1) is 36.6. The van der Waals surface area contributed by atoms with Crippen molar-refractivity contribution >= 4 is 17.5 Å². The predicted molar refractivity (Wildman–Crippen MR) is 213 cm³/mol. The standard InChI is InChI=1S/C46H48N4O5/c1-32-41(29-49-24-22-46(23-25-49)45(53)48-31-50(46)40-16-6-3-7-17-40)54-44(55-42(32)35-20-18-33(30-51)19-21-35)39-15-9-14-38(27-39)37-13-8-10-34(26-37)28-47-43(52)36-11-4-2-5-12-36/h2-21,26-27,32,41-42,44,51H,22-25,28-31H2,1H3,(H,47,52)(H,48,53)/t32-,41+,42+,44+/m1/s1. The maximum atomic E-state index is 13.3. The summed E-state index contributed by atoms with van der Waals surface area (Å²) in [6.45, 7) is 5.39. The van der Waals surface area contributed by atoms with E-state index in [9.17, 15) is 14.7 Å². The number of nitrogens with one attached hydrogen (secondary N) is 2. The lowest BCUT2D eigenvalue weighted by Crippen LogP contribution is -2.57. The van der Waals surface area contributed by atoms with Crippen LogP contribution in [0.25, 0.3) is 11.1 Å². The van der Waals surface area contributed by atoms with Gasteiger partial charge in [0.15, 0.2) is 6.29 Å². The molecule has 0 aliphatic carbocycles. The molecule has 2 amide bonds. The zero-order valence-electron chi connectivity index (χ0n) is 31.1. The van der Waals surface area contributed by atoms with E-state index in [4.69, 9.17) is 9.47 Å². The fraction of sp³-hybridized carbons (Fsp3) is 0.304. The van der Waals surface area contributed by atoms with Crippen molar-refractivity contribution in [3.05, 3.63) is 161 Å². The van der Waals surface area contributed by atoms with E-state index in [1.54, 1.807) is 0 Å². The number of anilines is 1. The van der Waals surface area contributed by atoms with Crippen LogP contribution in [0.3, 0.4) is 0 Å². The van der Waals surface area contributed by atoms with Gasteiger partial charge in [-0.3, -0.25) is 9.59 Å². The topological polar surface area (TPSA) is 103 Å². The van der Waals surface area contributed by atoms with Gasteiger partial charge in [0.1, 0.15) is 5.54 Å². The smallest absolute Gasteiger partial charge is 0.251 e. The molecule has 1 spiro atoms. The molecule has 3 aliphatic heterocycles. The second kappa shape index (κ2) is 16.2. The Bertz CT molecular complexity index is 2090. The molecule has 9 nitrogen and oxygen atoms in total. The normalized spacial score (nSPS) is 22.4. The molecule has 5 aromatic carbocycles. The van der Waals surface area contributed by atoms with Crippen molar-refractivity contribution < 1.29 is 24.2 Å². The fourth-order valence-electron chi connectivity index (χ4n) is 8.32. The van der Waals surface area contributed by atoms with E-state index >= 15 is 0 Å². The largest absolute Gasteiger partial charge is 0.392 e. The Hall–Kier alpha value is -5.32. The number of para-hydroxylation sites is 1. The number of rotatable bonds is 10. The fourth-order valence-corrected chi connectivity index (χ4v) is 8.32. The quantitative estimate of drug-likeness (QED) is 0.142. The molecule has 3 heterocycles. The molecule has 282 valence electrons. The Morgan fingerprint density at radius 3 is 2.22 bits per heavy atom. The van der Waals surface area contributed by atoms with E-state index in [2.05, 4.69) is 69.8 Å². The van der Waals surface area contributed by atoms with Crippen molar-refractivity contribution in [3.63, 3.8) is 0 Å². The first-order valence-corrected chi connectivity index (χ1v) is 19.3. The van der Waals surface area contributed by atoms with E-state index in [1.165, 1.54) is 0 Å². The first-order chi connectivity index (χ1) is 26.9. The van der Waals surface area contributed by atoms with Crippen LogP contribution in [0.1, 0.15) is 64.8 Å². The predicted octanol–water partition coefficient (Wildman–Crippen LogP) is 7.00. The van der Waals surface area contributed by atoms with E-state index in [-0.39, 0.29) is 36.5 Å². The molecule has 3 saturated heterocycles. The second-order valence-electron chi connectivity index (χ2n) is 15.0. The third-order valence-electron chi connectivity index (χ3n) is 11.6. The van der Waals surface area contributed by atoms with Gasteiger partial charge in [0.05, 0.1) is 25.5 Å². The maximum Gasteiger partial charge on any atom is 0.251 e. The van der Waals surface area contributed by atoms with E-state index in [0.717, 1.165) is 65.0 Å². The van der Waals surface area contributed by atoms with Crippen LogP contribution in [0, 0.1) is 5.92 Å². The minimum Gasteiger partial charge on any atom is -0.392 e. The highest BCUT2D eigenvalue weighted by Gasteiger charge is 2.51. The van der Waals surface area contributed by atoms with Gasteiger partial charge in [0.2, 0.25) is 5.91 Å². The third kappa shape index (κ3) is 7.79. The zero-order chi connectivity index (χ0) is 37.8. The zero-order valence-corrected chi connectivity index (χ0v) is 31.1. The van der Waals surface area contributed by atoms with Crippen LogP contribution < -0.4 is 15.5 Å². The Labute approximate surface area is 322 Å². The summed E-state index contributed by atoms with van der Waals surface area (Å²) < 4.78 is 13.7. The summed E-state index contributed by atoms with van der Waals surface area (Å²) >= 11 is 0. The lowest BCUT2D eigenvalue weighted by atomic mass is 9.84. The number of benzene rings is 5. The lowest BCUT2D eigenvalue weighted by Gasteiger charge is -2.46. The lowest BCUT2D eigenvalue weighted by molar-refractivity contribution is -0.276. The number of aliphatic hydroxyl groups is 1. The van der Waals surface area contributed by atoms with Gasteiger partial charge in [0.25, 0.3) is 5.91 Å². The average Bonchev–Trinajstić information content (AvgIpc) is 3.56. The van der Waals surface area contributed by atoms with Crippen molar-refractivity contribution in [1.29, 1.82) is 0 Å². The molecule has 0 unspecified atom stereocenters. The van der Waals surface area contributed by atoms with Crippen molar-refractivity contribution in [3.8, 4) is 11.1 Å². The number of aliphatic hydroxyl groups excluding tert-OH is 1. The molecule has 3 aliphatic rings. The van der Waals surface area contributed by atoms with Gasteiger partial charge < -0.3 is 35.0 Å². The number of hydrogen-bond donors (Lipinski definition) is 3. The number of nitrogens with zero attached hydrogens (tertiary/aromatic N) is 2. The van der Waals surface area contributed by atoms with Gasteiger partial charge in [-0.2, -0.15) is 0 Å². The highest BCUT2D eigenvalue weighted by molar-refractivity contribution is 5.94. The molecule has 3 N–H and O–H groups in total. The van der Waals surface area contributed by atoms with Gasteiger partial charge in [-0.25, -0.2) is 0 Å². The van der Waals surface area contributed by atoms with Gasteiger partial charge in [-0.1, -0.05) is 104 Å². The minimum atomic E-state index is -0.609. The summed E-state index contributed by atoms with van der Waals surface area (Å²) in [5.74, 6) is 0.0420. The number of piperidine rings is 1. The SMILES string of the molecule is C[C@@H]1[C@H](CN2CCC3(CC2)C(=O)NCN3c2ccccc2)O[C@H](c2cccc(-c3cccc(CNC(=O)c4ccccc4)c3)c2)O[C@@H]1c1ccc(CO)cc1. The molecule has 3 fully saturated rings. The van der Waals surface area contributed by atoms with Crippen molar-refractivity contribution in [1.82, 2.24) is 15.5 Å². The van der Waals surface area contributed by atoms with Crippen LogP contribution in [0.4, 0.5) is 5.69 Å². The van der Waals surface area contributed by atoms with E-state index < -0.39 is 11.8 Å². The van der Waals surface area contributed by atoms with Crippen LogP contribution in [-0.2, 0) is 27.4 Å². The Morgan fingerprint density at radius 1 is 0.800 bits per heavy atom. The summed E-state index contributed by atoms with van der Waals surface area (Å²) in [5.41, 5.74) is 7.04. The van der Waals surface area contributed by atoms with Crippen LogP contribution >= 0.6 is 0 Å². The molecular weight excluding hydrogens is 689 g/mol. The number of ether oxygens (including phenoxy) is 2. The van der Waals surface area contributed by atoms with Crippen LogP contribution in [0.15, 0.2) is 133 Å². The molecule has 4 atom stereocenters. The molecule has 0 saturated carbocycles. The van der Waals surface area contributed by atoms with Crippen molar-refractivity contribution in [2.45, 2.75) is 57.0 Å². The summed E-state index contributed by atoms with van der Waals surface area (Å²) in [4.78, 5) is 30.7. The number of carbonyl (C=O) groups is 2.